The summed E-state index contributed by atoms with van der Waals surface area (Å²) in [6.45, 7) is 4.08. The molecule has 0 aromatic carbocycles. The van der Waals surface area contributed by atoms with E-state index in [4.69, 9.17) is 0 Å². The molecule has 0 bridgehead atoms. The van der Waals surface area contributed by atoms with Crippen molar-refractivity contribution in [3.63, 3.8) is 0 Å². The van der Waals surface area contributed by atoms with Gasteiger partial charge in [0.25, 0.3) is 0 Å². The Hall–Kier alpha value is -1.09. The van der Waals surface area contributed by atoms with Crippen LogP contribution in [0.4, 0.5) is 0 Å². The summed E-state index contributed by atoms with van der Waals surface area (Å²) in [7, 11) is 0. The van der Waals surface area contributed by atoms with Gasteiger partial charge in [0.05, 0.1) is 11.5 Å². The summed E-state index contributed by atoms with van der Waals surface area (Å²) in [5.41, 5.74) is -0.577. The molecule has 2 atom stereocenters. The smallest absolute Gasteiger partial charge is 0.309 e. The first-order chi connectivity index (χ1) is 11.5. The van der Waals surface area contributed by atoms with Crippen molar-refractivity contribution in [2.75, 3.05) is 0 Å². The molecule has 0 heterocycles. The van der Waals surface area contributed by atoms with Gasteiger partial charge in [-0.05, 0) is 51.4 Å². The second-order valence-corrected chi connectivity index (χ2v) is 7.44. The summed E-state index contributed by atoms with van der Waals surface area (Å²) in [5.74, 6) is -0.306. The Morgan fingerprint density at radius 1 is 1.21 bits per heavy atom. The fraction of sp³-hybridized carbons (Fsp3) is 0.762. The van der Waals surface area contributed by atoms with Crippen molar-refractivity contribution in [3.05, 3.63) is 24.3 Å². The van der Waals surface area contributed by atoms with E-state index in [9.17, 15) is 15.0 Å². The Kier molecular flexibility index (Phi) is 10.0. The van der Waals surface area contributed by atoms with Crippen LogP contribution in [0.1, 0.15) is 84.5 Å². The van der Waals surface area contributed by atoms with Crippen LogP contribution in [0.2, 0.25) is 0 Å². The second kappa shape index (κ2) is 11.5. The van der Waals surface area contributed by atoms with Crippen LogP contribution in [0.15, 0.2) is 24.3 Å². The van der Waals surface area contributed by atoms with E-state index < -0.39 is 11.4 Å². The first kappa shape index (κ1) is 21.0. The monoisotopic (exact) mass is 336 g/mol. The van der Waals surface area contributed by atoms with E-state index in [0.29, 0.717) is 12.3 Å². The van der Waals surface area contributed by atoms with E-state index in [1.165, 1.54) is 25.7 Å². The molecule has 0 radical (unpaired) electrons. The molecule has 138 valence electrons. The summed E-state index contributed by atoms with van der Waals surface area (Å²) in [6, 6.07) is 0. The molecular formula is C21H36O3. The number of carbonyl (C=O) groups is 1. The number of carboxylic acids is 1. The van der Waals surface area contributed by atoms with Gasteiger partial charge in [0, 0.05) is 0 Å². The summed E-state index contributed by atoms with van der Waals surface area (Å²) in [5, 5.41) is 19.4. The maximum Gasteiger partial charge on any atom is 0.309 e. The van der Waals surface area contributed by atoms with Gasteiger partial charge in [-0.2, -0.15) is 0 Å². The zero-order chi connectivity index (χ0) is 17.8. The molecule has 3 heteroatoms. The highest BCUT2D eigenvalue weighted by molar-refractivity contribution is 5.74. The third-order valence-corrected chi connectivity index (χ3v) is 5.48. The molecule has 3 nitrogen and oxygen atoms in total. The Morgan fingerprint density at radius 2 is 1.92 bits per heavy atom. The van der Waals surface area contributed by atoms with Crippen molar-refractivity contribution in [1.82, 2.24) is 0 Å². The molecule has 0 aromatic rings. The van der Waals surface area contributed by atoms with Crippen molar-refractivity contribution < 1.29 is 15.0 Å². The molecule has 2 N–H and O–H groups in total. The third kappa shape index (κ3) is 7.21. The zero-order valence-electron chi connectivity index (χ0n) is 15.5. The van der Waals surface area contributed by atoms with Crippen LogP contribution >= 0.6 is 0 Å². The number of rotatable bonds is 12. The minimum atomic E-state index is -0.641. The van der Waals surface area contributed by atoms with Crippen molar-refractivity contribution in [2.45, 2.75) is 90.6 Å². The predicted molar refractivity (Wildman–Crippen MR) is 100.0 cm³/mol. The van der Waals surface area contributed by atoms with Gasteiger partial charge in [0.2, 0.25) is 0 Å². The first-order valence-corrected chi connectivity index (χ1v) is 9.73. The molecule has 1 aliphatic rings. The average molecular weight is 337 g/mol. The summed E-state index contributed by atoms with van der Waals surface area (Å²) in [4.78, 5) is 11.7. The van der Waals surface area contributed by atoms with Gasteiger partial charge in [0.1, 0.15) is 0 Å². The molecule has 0 amide bonds. The van der Waals surface area contributed by atoms with Crippen LogP contribution in [0.5, 0.6) is 0 Å². The molecule has 1 aliphatic carbocycles. The van der Waals surface area contributed by atoms with Gasteiger partial charge in [-0.15, -0.1) is 0 Å². The SMILES string of the molecule is CCCCC[C@H](O)/C=C\C/C=C/CC[C@](C)(C(=O)O)C1CCCC1. The summed E-state index contributed by atoms with van der Waals surface area (Å²) in [6.07, 6.45) is 18.8. The molecule has 1 rings (SSSR count). The van der Waals surface area contributed by atoms with Gasteiger partial charge in [-0.25, -0.2) is 0 Å². The zero-order valence-corrected chi connectivity index (χ0v) is 15.5. The number of allylic oxidation sites excluding steroid dienone is 3. The molecule has 0 saturated heterocycles. The Bertz CT molecular complexity index is 407. The minimum Gasteiger partial charge on any atom is -0.481 e. The number of aliphatic hydroxyl groups excluding tert-OH is 1. The van der Waals surface area contributed by atoms with Crippen LogP contribution in [0, 0.1) is 11.3 Å². The Balaban J connectivity index is 2.27. The van der Waals surface area contributed by atoms with Crippen LogP contribution < -0.4 is 0 Å². The number of hydrogen-bond acceptors (Lipinski definition) is 2. The van der Waals surface area contributed by atoms with Crippen molar-refractivity contribution >= 4 is 5.97 Å². The molecular weight excluding hydrogens is 300 g/mol. The normalized spacial score (nSPS) is 20.0. The third-order valence-electron chi connectivity index (χ3n) is 5.48. The lowest BCUT2D eigenvalue weighted by Crippen LogP contribution is -2.34. The number of aliphatic carboxylic acids is 1. The van der Waals surface area contributed by atoms with Gasteiger partial charge < -0.3 is 10.2 Å². The lowest BCUT2D eigenvalue weighted by Gasteiger charge is -2.31. The highest BCUT2D eigenvalue weighted by Crippen LogP contribution is 2.43. The molecule has 24 heavy (non-hydrogen) atoms. The number of carboxylic acid groups (broad SMARTS) is 1. The highest BCUT2D eigenvalue weighted by atomic mass is 16.4. The largest absolute Gasteiger partial charge is 0.481 e. The fourth-order valence-electron chi connectivity index (χ4n) is 3.66. The topological polar surface area (TPSA) is 57.5 Å². The predicted octanol–water partition coefficient (Wildman–Crippen LogP) is 5.49. The maximum atomic E-state index is 11.7. The fourth-order valence-corrected chi connectivity index (χ4v) is 3.66. The summed E-state index contributed by atoms with van der Waals surface area (Å²) >= 11 is 0. The van der Waals surface area contributed by atoms with Crippen molar-refractivity contribution in [2.24, 2.45) is 11.3 Å². The van der Waals surface area contributed by atoms with Crippen LogP contribution in [-0.2, 0) is 4.79 Å². The molecule has 1 fully saturated rings. The lowest BCUT2D eigenvalue weighted by molar-refractivity contribution is -0.151. The van der Waals surface area contributed by atoms with Gasteiger partial charge >= 0.3 is 5.97 Å². The van der Waals surface area contributed by atoms with Gasteiger partial charge in [0.15, 0.2) is 0 Å². The standard InChI is InChI=1S/C21H36O3/c1-3-4-8-15-19(22)16-9-6-5-7-12-17-21(2,20(23)24)18-13-10-11-14-18/h5,7,9,16,18-19,22H,3-4,6,8,10-15,17H2,1-2H3,(H,23,24)/b7-5+,16-9-/t19-,21-/m0/s1. The average Bonchev–Trinajstić information content (AvgIpc) is 3.08. The Labute approximate surface area is 147 Å². The number of hydrogen-bond donors (Lipinski definition) is 2. The molecule has 0 aliphatic heterocycles. The van der Waals surface area contributed by atoms with E-state index in [0.717, 1.165) is 38.5 Å². The second-order valence-electron chi connectivity index (χ2n) is 7.44. The number of aliphatic hydroxyl groups is 1. The van der Waals surface area contributed by atoms with Crippen molar-refractivity contribution in [3.8, 4) is 0 Å². The lowest BCUT2D eigenvalue weighted by atomic mass is 9.73. The Morgan fingerprint density at radius 3 is 2.54 bits per heavy atom. The summed E-state index contributed by atoms with van der Waals surface area (Å²) < 4.78 is 0. The number of unbranched alkanes of at least 4 members (excludes halogenated alkanes) is 2. The van der Waals surface area contributed by atoms with E-state index in [-0.39, 0.29) is 6.10 Å². The van der Waals surface area contributed by atoms with Crippen LogP contribution in [0.3, 0.4) is 0 Å². The highest BCUT2D eigenvalue weighted by Gasteiger charge is 2.41. The van der Waals surface area contributed by atoms with Crippen LogP contribution in [-0.4, -0.2) is 22.3 Å². The molecule has 0 aromatic heterocycles. The molecule has 1 saturated carbocycles. The van der Waals surface area contributed by atoms with E-state index >= 15 is 0 Å². The van der Waals surface area contributed by atoms with Gasteiger partial charge in [-0.1, -0.05) is 63.3 Å². The quantitative estimate of drug-likeness (QED) is 0.366. The maximum absolute atomic E-state index is 11.7. The van der Waals surface area contributed by atoms with E-state index in [2.05, 4.69) is 19.1 Å². The molecule has 0 spiro atoms. The van der Waals surface area contributed by atoms with Gasteiger partial charge in [-0.3, -0.25) is 4.79 Å². The van der Waals surface area contributed by atoms with E-state index in [1.807, 2.05) is 19.1 Å². The van der Waals surface area contributed by atoms with Crippen molar-refractivity contribution in [1.29, 1.82) is 0 Å². The van der Waals surface area contributed by atoms with Crippen LogP contribution in [0.25, 0.3) is 0 Å². The van der Waals surface area contributed by atoms with E-state index in [1.54, 1.807) is 0 Å². The minimum absolute atomic E-state index is 0.331. The first-order valence-electron chi connectivity index (χ1n) is 9.73. The molecule has 0 unspecified atom stereocenters.